The maximum Gasteiger partial charge on any atom is 0.338 e. The van der Waals surface area contributed by atoms with Crippen LogP contribution in [0.5, 0.6) is 0 Å². The number of carbonyl (C=O) groups is 3. The van der Waals surface area contributed by atoms with E-state index in [0.717, 1.165) is 10.5 Å². The molecule has 3 rings (SSSR count). The normalized spacial score (nSPS) is 13.4. The van der Waals surface area contributed by atoms with Crippen LogP contribution in [0.25, 0.3) is 0 Å². The van der Waals surface area contributed by atoms with Crippen LogP contribution < -0.4 is 4.90 Å². The average molecular weight is 323 g/mol. The highest BCUT2D eigenvalue weighted by Crippen LogP contribution is 2.31. The number of aryl methyl sites for hydroxylation is 1. The van der Waals surface area contributed by atoms with E-state index >= 15 is 0 Å². The summed E-state index contributed by atoms with van der Waals surface area (Å²) in [4.78, 5) is 38.5. The molecule has 0 bridgehead atoms. The van der Waals surface area contributed by atoms with Crippen molar-refractivity contribution in [1.29, 1.82) is 0 Å². The first kappa shape index (κ1) is 15.9. The second kappa shape index (κ2) is 5.92. The van der Waals surface area contributed by atoms with Crippen LogP contribution in [0, 0.1) is 6.92 Å². The molecule has 2 aromatic carbocycles. The molecule has 0 radical (unpaired) electrons. The van der Waals surface area contributed by atoms with Crippen molar-refractivity contribution in [2.45, 2.75) is 26.9 Å². The van der Waals surface area contributed by atoms with E-state index in [0.29, 0.717) is 11.3 Å². The van der Waals surface area contributed by atoms with Gasteiger partial charge in [0.25, 0.3) is 11.8 Å². The predicted octanol–water partition coefficient (Wildman–Crippen LogP) is 3.36. The van der Waals surface area contributed by atoms with Gasteiger partial charge in [0.15, 0.2) is 0 Å². The molecule has 2 aromatic rings. The molecule has 1 heterocycles. The minimum absolute atomic E-state index is 0.224. The van der Waals surface area contributed by atoms with E-state index in [2.05, 4.69) is 0 Å². The standard InChI is InChI=1S/C19H17NO4/c1-11(2)24-19(23)13-8-9-14-15(10-13)18(22)20(17(14)21)16-7-5-4-6-12(16)3/h4-11H,1-3H3. The summed E-state index contributed by atoms with van der Waals surface area (Å²) < 4.78 is 5.14. The molecular weight excluding hydrogens is 306 g/mol. The third-order valence-corrected chi connectivity index (χ3v) is 3.82. The van der Waals surface area contributed by atoms with E-state index in [-0.39, 0.29) is 23.1 Å². The average Bonchev–Trinajstić information content (AvgIpc) is 2.78. The van der Waals surface area contributed by atoms with Gasteiger partial charge in [-0.05, 0) is 50.6 Å². The minimum Gasteiger partial charge on any atom is -0.459 e. The van der Waals surface area contributed by atoms with Crippen molar-refractivity contribution in [3.05, 3.63) is 64.7 Å². The van der Waals surface area contributed by atoms with Crippen molar-refractivity contribution < 1.29 is 19.1 Å². The number of rotatable bonds is 3. The molecular formula is C19H17NO4. The lowest BCUT2D eigenvalue weighted by molar-refractivity contribution is 0.0377. The number of ether oxygens (including phenoxy) is 1. The van der Waals surface area contributed by atoms with Gasteiger partial charge < -0.3 is 4.74 Å². The first-order chi connectivity index (χ1) is 11.4. The molecule has 0 aliphatic carbocycles. The Hall–Kier alpha value is -2.95. The zero-order valence-electron chi connectivity index (χ0n) is 13.7. The summed E-state index contributed by atoms with van der Waals surface area (Å²) in [6.07, 6.45) is -0.258. The van der Waals surface area contributed by atoms with Gasteiger partial charge in [-0.25, -0.2) is 9.69 Å². The first-order valence-corrected chi connectivity index (χ1v) is 7.69. The van der Waals surface area contributed by atoms with Crippen molar-refractivity contribution in [2.24, 2.45) is 0 Å². The van der Waals surface area contributed by atoms with Gasteiger partial charge in [0.2, 0.25) is 0 Å². The van der Waals surface area contributed by atoms with Crippen LogP contribution in [0.15, 0.2) is 42.5 Å². The van der Waals surface area contributed by atoms with E-state index < -0.39 is 11.9 Å². The zero-order valence-corrected chi connectivity index (χ0v) is 13.7. The van der Waals surface area contributed by atoms with Gasteiger partial charge in [-0.1, -0.05) is 18.2 Å². The third-order valence-electron chi connectivity index (χ3n) is 3.82. The largest absolute Gasteiger partial charge is 0.459 e. The molecule has 122 valence electrons. The highest BCUT2D eigenvalue weighted by atomic mass is 16.5. The lowest BCUT2D eigenvalue weighted by Crippen LogP contribution is -2.29. The molecule has 0 atom stereocenters. The summed E-state index contributed by atoms with van der Waals surface area (Å²) in [7, 11) is 0. The second-order valence-electron chi connectivity index (χ2n) is 5.95. The number of benzene rings is 2. The predicted molar refractivity (Wildman–Crippen MR) is 89.3 cm³/mol. The molecule has 24 heavy (non-hydrogen) atoms. The number of esters is 1. The smallest absolute Gasteiger partial charge is 0.338 e. The molecule has 5 nitrogen and oxygen atoms in total. The molecule has 5 heteroatoms. The van der Waals surface area contributed by atoms with E-state index in [9.17, 15) is 14.4 Å². The fourth-order valence-electron chi connectivity index (χ4n) is 2.68. The summed E-state index contributed by atoms with van der Waals surface area (Å²) in [5.41, 5.74) is 2.16. The molecule has 0 unspecified atom stereocenters. The van der Waals surface area contributed by atoms with Crippen LogP contribution in [0.2, 0.25) is 0 Å². The van der Waals surface area contributed by atoms with Crippen molar-refractivity contribution in [3.63, 3.8) is 0 Å². The number of nitrogens with zero attached hydrogens (tertiary/aromatic N) is 1. The van der Waals surface area contributed by atoms with Crippen molar-refractivity contribution in [2.75, 3.05) is 4.90 Å². The number of hydrogen-bond donors (Lipinski definition) is 0. The summed E-state index contributed by atoms with van der Waals surface area (Å²) in [5, 5.41) is 0. The fraction of sp³-hybridized carbons (Fsp3) is 0.211. The van der Waals surface area contributed by atoms with E-state index in [1.54, 1.807) is 26.0 Å². The maximum absolute atomic E-state index is 12.7. The van der Waals surface area contributed by atoms with Crippen molar-refractivity contribution in [3.8, 4) is 0 Å². The summed E-state index contributed by atoms with van der Waals surface area (Å²) in [6.45, 7) is 5.34. The van der Waals surface area contributed by atoms with E-state index in [1.807, 2.05) is 19.1 Å². The number of hydrogen-bond acceptors (Lipinski definition) is 4. The molecule has 0 aromatic heterocycles. The Morgan fingerprint density at radius 3 is 2.33 bits per heavy atom. The quantitative estimate of drug-likeness (QED) is 0.642. The molecule has 0 N–H and O–H groups in total. The van der Waals surface area contributed by atoms with Gasteiger partial charge in [-0.3, -0.25) is 9.59 Å². The second-order valence-corrected chi connectivity index (χ2v) is 5.95. The molecule has 1 aliphatic heterocycles. The maximum atomic E-state index is 12.7. The Labute approximate surface area is 139 Å². The van der Waals surface area contributed by atoms with Crippen LogP contribution in [0.4, 0.5) is 5.69 Å². The number of imide groups is 1. The zero-order chi connectivity index (χ0) is 17.4. The monoisotopic (exact) mass is 323 g/mol. The molecule has 0 saturated carbocycles. The molecule has 0 saturated heterocycles. The van der Waals surface area contributed by atoms with Crippen molar-refractivity contribution in [1.82, 2.24) is 0 Å². The first-order valence-electron chi connectivity index (χ1n) is 7.69. The van der Waals surface area contributed by atoms with E-state index in [1.165, 1.54) is 18.2 Å². The summed E-state index contributed by atoms with van der Waals surface area (Å²) in [5.74, 6) is -1.32. The summed E-state index contributed by atoms with van der Waals surface area (Å²) >= 11 is 0. The van der Waals surface area contributed by atoms with Crippen LogP contribution in [-0.4, -0.2) is 23.9 Å². The van der Waals surface area contributed by atoms with Gasteiger partial charge in [-0.2, -0.15) is 0 Å². The van der Waals surface area contributed by atoms with Gasteiger partial charge >= 0.3 is 5.97 Å². The molecule has 0 fully saturated rings. The minimum atomic E-state index is -0.512. The topological polar surface area (TPSA) is 63.7 Å². The Kier molecular flexibility index (Phi) is 3.93. The van der Waals surface area contributed by atoms with Gasteiger partial charge in [0.1, 0.15) is 0 Å². The van der Waals surface area contributed by atoms with Crippen LogP contribution in [0.1, 0.15) is 50.5 Å². The lowest BCUT2D eigenvalue weighted by Gasteiger charge is -2.16. The third kappa shape index (κ3) is 2.58. The SMILES string of the molecule is Cc1ccccc1N1C(=O)c2ccc(C(=O)OC(C)C)cc2C1=O. The van der Waals surface area contributed by atoms with Crippen LogP contribution in [0.3, 0.4) is 0 Å². The lowest BCUT2D eigenvalue weighted by atomic mass is 10.1. The Morgan fingerprint density at radius 1 is 1.00 bits per heavy atom. The van der Waals surface area contributed by atoms with Gasteiger partial charge in [0.05, 0.1) is 28.5 Å². The fourth-order valence-corrected chi connectivity index (χ4v) is 2.68. The Balaban J connectivity index is 2.01. The van der Waals surface area contributed by atoms with Crippen LogP contribution in [-0.2, 0) is 4.74 Å². The highest BCUT2D eigenvalue weighted by molar-refractivity contribution is 6.34. The number of anilines is 1. The Bertz CT molecular complexity index is 854. The number of fused-ring (bicyclic) bond motifs is 1. The molecule has 0 spiro atoms. The number of para-hydroxylation sites is 1. The Morgan fingerprint density at radius 2 is 1.67 bits per heavy atom. The summed E-state index contributed by atoms with van der Waals surface area (Å²) in [6, 6.07) is 11.6. The van der Waals surface area contributed by atoms with Crippen LogP contribution >= 0.6 is 0 Å². The number of amides is 2. The highest BCUT2D eigenvalue weighted by Gasteiger charge is 2.37. The van der Waals surface area contributed by atoms with Gasteiger partial charge in [-0.15, -0.1) is 0 Å². The van der Waals surface area contributed by atoms with Gasteiger partial charge in [0, 0.05) is 0 Å². The molecule has 1 aliphatic rings. The molecule has 2 amide bonds. The number of carbonyl (C=O) groups excluding carboxylic acids is 3. The van der Waals surface area contributed by atoms with Crippen molar-refractivity contribution >= 4 is 23.5 Å². The van der Waals surface area contributed by atoms with E-state index in [4.69, 9.17) is 4.74 Å².